The molecule has 2 heterocycles. The molecule has 7 nitrogen and oxygen atoms in total. The van der Waals surface area contributed by atoms with Crippen LogP contribution in [0.2, 0.25) is 0 Å². The number of hydrogen-bond acceptors (Lipinski definition) is 6. The van der Waals surface area contributed by atoms with Gasteiger partial charge in [0.1, 0.15) is 13.2 Å². The largest absolute Gasteiger partial charge is 0.460 e. The van der Waals surface area contributed by atoms with E-state index < -0.39 is 66.9 Å². The van der Waals surface area contributed by atoms with Gasteiger partial charge in [-0.3, -0.25) is 0 Å². The van der Waals surface area contributed by atoms with Crippen molar-refractivity contribution in [3.8, 4) is 0 Å². The molecule has 0 radical (unpaired) electrons. The van der Waals surface area contributed by atoms with Crippen molar-refractivity contribution >= 4 is 19.2 Å². The molecule has 0 bridgehead atoms. The number of pyridine rings is 2. The van der Waals surface area contributed by atoms with Crippen molar-refractivity contribution in [1.82, 2.24) is 0 Å². The van der Waals surface area contributed by atoms with Gasteiger partial charge in [-0.2, -0.15) is 74.6 Å². The Kier molecular flexibility index (Phi) is 24.9. The number of rotatable bonds is 35. The van der Waals surface area contributed by atoms with Crippen molar-refractivity contribution in [1.29, 1.82) is 0 Å². The molecule has 2 unspecified atom stereocenters. The molecule has 2 rings (SSSR count). The summed E-state index contributed by atoms with van der Waals surface area (Å²) in [6.45, 7) is 11.9. The molecule has 0 amide bonds. The summed E-state index contributed by atoms with van der Waals surface area (Å²) >= 11 is 5.21. The summed E-state index contributed by atoms with van der Waals surface area (Å²) in [5.74, 6) is -56.3. The maximum atomic E-state index is 14.2. The minimum Gasteiger partial charge on any atom is -0.379 e. The summed E-state index contributed by atoms with van der Waals surface area (Å²) in [6.07, 6.45) is -3.27. The number of alkyl halides is 17. The minimum absolute atomic E-state index is 0. The van der Waals surface area contributed by atoms with Crippen molar-refractivity contribution in [3.63, 3.8) is 0 Å². The molecule has 0 aliphatic rings. The van der Waals surface area contributed by atoms with Gasteiger partial charge in [-0.1, -0.05) is 30.2 Å². The Bertz CT molecular complexity index is 1740. The minimum atomic E-state index is -8.63. The monoisotopic (exact) mass is 1310 g/mol. The summed E-state index contributed by atoms with van der Waals surface area (Å²) in [4.78, 5) is 0. The standard InChI is InChI=1S/C41H53F17N2O5PS.Rf/c1-3-61-20-21-63-24-25-65-27-26-64-23-22-62-19-18-60-14-8-31(9-15-60)30(2)28-33(29-66-67)32-10-16-59(17-11-32)13-7-5-4-6-12-34(42,43)35(44,45)36(46,47)37(48,49)38(50,51)39(52,53)40(54,55)41(56,57)58;/h8-11,14-17,30,33H,2-7,12-13,18-29H2,1H3;/q+1;. The fourth-order valence-electron chi connectivity index (χ4n) is 6.21. The maximum absolute atomic E-state index is 14.2. The predicted molar refractivity (Wildman–Crippen MR) is 211 cm³/mol. The van der Waals surface area contributed by atoms with E-state index in [9.17, 15) is 74.6 Å². The van der Waals surface area contributed by atoms with Gasteiger partial charge in [0, 0.05) is 49.9 Å². The van der Waals surface area contributed by atoms with E-state index in [1.165, 1.54) is 0 Å². The van der Waals surface area contributed by atoms with Gasteiger partial charge in [0.2, 0.25) is 0 Å². The molecule has 0 N–H and O–H groups in total. The second kappa shape index (κ2) is 27.1. The first kappa shape index (κ1) is 62.4. The Hall–Kier alpha value is -3.57. The first-order chi connectivity index (χ1) is 31.1. The topological polar surface area (TPSA) is 53.9 Å². The average molecular weight is 1310 g/mol. The molecule has 0 spiro atoms. The van der Waals surface area contributed by atoms with Crippen LogP contribution in [-0.4, -0.2) is 120 Å². The fraction of sp³-hybridized carbons (Fsp3) is 0.732. The Labute approximate surface area is 383 Å². The molecule has 0 aliphatic carbocycles. The number of nitrogens with zero attached hydrogens (tertiary/aromatic N) is 2. The van der Waals surface area contributed by atoms with Crippen LogP contribution < -0.4 is 9.13 Å². The SMILES string of the molecule is [CH2-]C(CC(CP=S)c1cc[n+](CCCCCCC(F)(F)C(F)(F)C(F)(F)C(F)(F)C(F)(F)C(F)(F)C(F)(F)C(F)(F)F)cc1)c1cc[n+](CCOCCOCCOCCOCCOCC)cc1.[Rf]. The second-order valence-electron chi connectivity index (χ2n) is 15.1. The van der Waals surface area contributed by atoms with E-state index >= 15 is 0 Å². The normalized spacial score (nSPS) is 14.6. The molecule has 388 valence electrons. The molecule has 2 aromatic heterocycles. The summed E-state index contributed by atoms with van der Waals surface area (Å²) in [6, 6.07) is 7.52. The number of unbranched alkanes of at least 4 members (excludes halogenated alkanes) is 3. The Balaban J connectivity index is 0.0000231. The van der Waals surface area contributed by atoms with Crippen LogP contribution in [0.1, 0.15) is 68.4 Å². The second-order valence-corrected chi connectivity index (χ2v) is 16.5. The predicted octanol–water partition coefficient (Wildman–Crippen LogP) is 10.8. The van der Waals surface area contributed by atoms with Crippen LogP contribution in [0.3, 0.4) is 0 Å². The van der Waals surface area contributed by atoms with E-state index in [4.69, 9.17) is 35.5 Å². The molecule has 0 saturated carbocycles. The van der Waals surface area contributed by atoms with Gasteiger partial charge in [-0.25, -0.2) is 9.13 Å². The van der Waals surface area contributed by atoms with Crippen LogP contribution in [0, 0.1) is 6.92 Å². The molecule has 0 aliphatic heterocycles. The summed E-state index contributed by atoms with van der Waals surface area (Å²) in [5, 5.41) is 0. The quantitative estimate of drug-likeness (QED) is 0.0225. The zero-order valence-electron chi connectivity index (χ0n) is 36.8. The van der Waals surface area contributed by atoms with Crippen LogP contribution in [-0.2, 0) is 48.6 Å². The number of aryl methyl sites for hydroxylation is 1. The third-order valence-electron chi connectivity index (χ3n) is 10.3. The molecule has 2 atom stereocenters. The van der Waals surface area contributed by atoms with E-state index in [0.29, 0.717) is 92.6 Å². The maximum Gasteiger partial charge on any atom is 0.460 e. The van der Waals surface area contributed by atoms with Crippen LogP contribution in [0.15, 0.2) is 49.1 Å². The van der Waals surface area contributed by atoms with Crippen LogP contribution in [0.4, 0.5) is 74.6 Å². The van der Waals surface area contributed by atoms with E-state index in [0.717, 1.165) is 11.1 Å². The van der Waals surface area contributed by atoms with Crippen molar-refractivity contribution in [2.75, 3.05) is 72.2 Å². The van der Waals surface area contributed by atoms with E-state index in [1.807, 2.05) is 36.0 Å². The van der Waals surface area contributed by atoms with Gasteiger partial charge in [-0.15, -0.1) is 5.92 Å². The molecule has 27 heteroatoms. The molecule has 2 aromatic rings. The van der Waals surface area contributed by atoms with E-state index in [2.05, 4.69) is 6.92 Å². The van der Waals surface area contributed by atoms with Gasteiger partial charge in [0.25, 0.3) is 0 Å². The third kappa shape index (κ3) is 16.0. The van der Waals surface area contributed by atoms with Gasteiger partial charge < -0.3 is 30.6 Å². The van der Waals surface area contributed by atoms with Crippen LogP contribution in [0.25, 0.3) is 0 Å². The molecule has 0 aromatic carbocycles. The molecule has 0 fully saturated rings. The van der Waals surface area contributed by atoms with E-state index in [1.54, 1.807) is 29.1 Å². The molecule has 0 saturated heterocycles. The number of ether oxygens (including phenoxy) is 5. The zero-order valence-corrected chi connectivity index (χ0v) is 44.9. The number of halogens is 17. The third-order valence-corrected chi connectivity index (χ3v) is 11.3. The summed E-state index contributed by atoms with van der Waals surface area (Å²) < 4.78 is 261. The Morgan fingerprint density at radius 1 is 0.515 bits per heavy atom. The molecule has 68 heavy (non-hydrogen) atoms. The Morgan fingerprint density at radius 3 is 1.34 bits per heavy atom. The summed E-state index contributed by atoms with van der Waals surface area (Å²) in [7, 11) is 0.697. The first-order valence-corrected chi connectivity index (χ1v) is 22.9. The van der Waals surface area contributed by atoms with Gasteiger partial charge >= 0.3 is 47.6 Å². The average Bonchev–Trinajstić information content (AvgIpc) is 3.25. The van der Waals surface area contributed by atoms with Crippen molar-refractivity contribution < 1.29 is 107 Å². The van der Waals surface area contributed by atoms with E-state index in [-0.39, 0.29) is 31.2 Å². The van der Waals surface area contributed by atoms with Crippen molar-refractivity contribution in [3.05, 3.63) is 67.1 Å². The van der Waals surface area contributed by atoms with Gasteiger partial charge in [0.15, 0.2) is 31.3 Å². The smallest absolute Gasteiger partial charge is 0.379 e. The molecular formula is C41H53F17N2O5PRfS+. The van der Waals surface area contributed by atoms with Crippen molar-refractivity contribution in [2.24, 2.45) is 0 Å². The fourth-order valence-corrected chi connectivity index (χ4v) is 7.29. The van der Waals surface area contributed by atoms with Crippen molar-refractivity contribution in [2.45, 2.75) is 118 Å². The van der Waals surface area contributed by atoms with Crippen LogP contribution in [0.5, 0.6) is 0 Å². The van der Waals surface area contributed by atoms with Gasteiger partial charge in [0.05, 0.1) is 52.9 Å². The number of aromatic nitrogens is 2. The van der Waals surface area contributed by atoms with Gasteiger partial charge in [-0.05, 0) is 38.6 Å². The molecular weight excluding hydrogens is 1250 g/mol. The Morgan fingerprint density at radius 2 is 0.897 bits per heavy atom. The summed E-state index contributed by atoms with van der Waals surface area (Å²) in [5.41, 5.74) is 1.90. The van der Waals surface area contributed by atoms with Crippen LogP contribution >= 0.6 is 7.36 Å². The number of hydrogen-bond donors (Lipinski definition) is 0. The first-order valence-electron chi connectivity index (χ1n) is 20.8. The zero-order chi connectivity index (χ0) is 50.8.